The van der Waals surface area contributed by atoms with Gasteiger partial charge in [0, 0.05) is 29.7 Å². The van der Waals surface area contributed by atoms with E-state index in [4.69, 9.17) is 0 Å². The Labute approximate surface area is 269 Å². The lowest BCUT2D eigenvalue weighted by Gasteiger charge is -2.46. The standard InChI is InChI=1S/C33H38F2N6O6/c1-40-17-19-7-5-8-20(15-19)30(40)39-27(42)18-41-14-6-10-25(33(41)46)38-31(44)24(9-3-4-11-28(43)47-2)37-32(45)26-16-21-23(36-26)13-12-22(34)29(21)35/h4,6,10-14,16,19-20,24,30,36H,3,5,7-9,15,17-18H2,1-2H3,(H,37,45)(H,38,44)(H,39,42)/b11-4+. The lowest BCUT2D eigenvalue weighted by atomic mass is 9.76. The number of H-pyrrole nitrogens is 1. The van der Waals surface area contributed by atoms with E-state index in [9.17, 15) is 32.8 Å². The van der Waals surface area contributed by atoms with E-state index in [2.05, 4.69) is 30.6 Å². The highest BCUT2D eigenvalue weighted by Gasteiger charge is 2.37. The fourth-order valence-corrected chi connectivity index (χ4v) is 6.52. The number of carbonyl (C=O) groups is 4. The summed E-state index contributed by atoms with van der Waals surface area (Å²) in [5.74, 6) is -3.65. The van der Waals surface area contributed by atoms with Crippen LogP contribution in [0.4, 0.5) is 14.5 Å². The summed E-state index contributed by atoms with van der Waals surface area (Å²) < 4.78 is 33.7. The Morgan fingerprint density at radius 1 is 1.17 bits per heavy atom. The molecule has 4 N–H and O–H groups in total. The summed E-state index contributed by atoms with van der Waals surface area (Å²) in [6.45, 7) is 0.661. The predicted molar refractivity (Wildman–Crippen MR) is 169 cm³/mol. The summed E-state index contributed by atoms with van der Waals surface area (Å²) >= 11 is 0. The molecular weight excluding hydrogens is 614 g/mol. The van der Waals surface area contributed by atoms with Crippen LogP contribution in [0.1, 0.15) is 49.0 Å². The van der Waals surface area contributed by atoms with E-state index in [1.165, 1.54) is 54.6 Å². The first-order valence-electron chi connectivity index (χ1n) is 15.6. The first-order chi connectivity index (χ1) is 22.5. The van der Waals surface area contributed by atoms with Gasteiger partial charge in [-0.1, -0.05) is 12.5 Å². The van der Waals surface area contributed by atoms with Gasteiger partial charge in [0.25, 0.3) is 11.5 Å². The number of likely N-dealkylation sites (tertiary alicyclic amines) is 1. The zero-order chi connectivity index (χ0) is 33.7. The molecule has 1 aliphatic heterocycles. The minimum Gasteiger partial charge on any atom is -0.466 e. The number of hydrogen-bond donors (Lipinski definition) is 4. The molecular formula is C33H38F2N6O6. The number of piperidine rings is 1. The molecule has 0 spiro atoms. The van der Waals surface area contributed by atoms with Crippen LogP contribution in [0, 0.1) is 23.5 Å². The number of pyridine rings is 1. The first kappa shape index (κ1) is 33.5. The number of aromatic amines is 1. The Kier molecular flexibility index (Phi) is 10.5. The van der Waals surface area contributed by atoms with E-state index in [1.807, 2.05) is 7.05 Å². The second-order valence-corrected chi connectivity index (χ2v) is 12.1. The number of rotatable bonds is 11. The maximum Gasteiger partial charge on any atom is 0.330 e. The van der Waals surface area contributed by atoms with Crippen molar-refractivity contribution in [3.8, 4) is 0 Å². The molecule has 1 saturated carbocycles. The average molecular weight is 653 g/mol. The monoisotopic (exact) mass is 652 g/mol. The van der Waals surface area contributed by atoms with Gasteiger partial charge in [0.1, 0.15) is 24.0 Å². The van der Waals surface area contributed by atoms with Crippen molar-refractivity contribution < 1.29 is 32.7 Å². The maximum absolute atomic E-state index is 14.2. The molecule has 1 saturated heterocycles. The molecule has 3 amide bonds. The molecule has 5 rings (SSSR count). The second kappa shape index (κ2) is 14.7. The van der Waals surface area contributed by atoms with Crippen LogP contribution >= 0.6 is 0 Å². The number of hydrogen-bond acceptors (Lipinski definition) is 7. The number of carbonyl (C=O) groups excluding carboxylic acids is 4. The number of benzene rings is 1. The predicted octanol–water partition coefficient (Wildman–Crippen LogP) is 3.05. The van der Waals surface area contributed by atoms with Crippen LogP contribution in [0.2, 0.25) is 0 Å². The highest BCUT2D eigenvalue weighted by Crippen LogP contribution is 2.36. The lowest BCUT2D eigenvalue weighted by molar-refractivity contribution is -0.134. The van der Waals surface area contributed by atoms with Crippen LogP contribution in [-0.4, -0.2) is 71.1 Å². The number of anilines is 1. The van der Waals surface area contributed by atoms with Gasteiger partial charge in [0.2, 0.25) is 11.8 Å². The quantitative estimate of drug-likeness (QED) is 0.183. The third kappa shape index (κ3) is 7.94. The summed E-state index contributed by atoms with van der Waals surface area (Å²) in [5.41, 5.74) is -0.659. The van der Waals surface area contributed by atoms with Gasteiger partial charge in [0.05, 0.1) is 13.3 Å². The molecule has 0 radical (unpaired) electrons. The molecule has 4 atom stereocenters. The summed E-state index contributed by atoms with van der Waals surface area (Å²) in [6, 6.07) is 5.04. The Morgan fingerprint density at radius 3 is 2.77 bits per heavy atom. The van der Waals surface area contributed by atoms with Gasteiger partial charge in [-0.2, -0.15) is 0 Å². The van der Waals surface area contributed by atoms with Crippen molar-refractivity contribution in [1.29, 1.82) is 0 Å². The third-order valence-electron chi connectivity index (χ3n) is 8.83. The number of aromatic nitrogens is 2. The number of ether oxygens (including phenoxy) is 1. The van der Waals surface area contributed by atoms with Crippen LogP contribution in [0.3, 0.4) is 0 Å². The molecule has 2 aliphatic rings. The van der Waals surface area contributed by atoms with Crippen LogP contribution < -0.4 is 21.5 Å². The van der Waals surface area contributed by atoms with E-state index in [1.54, 1.807) is 0 Å². The SMILES string of the molecule is COC(=O)/C=C/CCC(NC(=O)c1cc2c(F)c(F)ccc2[nH]1)C(=O)Nc1cccn(CC(=O)NC2C3CCCC(C3)CN2C)c1=O. The molecule has 2 bridgehead atoms. The largest absolute Gasteiger partial charge is 0.466 e. The molecule has 2 aromatic heterocycles. The second-order valence-electron chi connectivity index (χ2n) is 12.1. The van der Waals surface area contributed by atoms with E-state index in [-0.39, 0.29) is 53.7 Å². The van der Waals surface area contributed by atoms with Crippen LogP contribution in [0.25, 0.3) is 10.9 Å². The highest BCUT2D eigenvalue weighted by atomic mass is 19.2. The normalized spacial score (nSPS) is 20.1. The summed E-state index contributed by atoms with van der Waals surface area (Å²) in [7, 11) is 3.21. The lowest BCUT2D eigenvalue weighted by Crippen LogP contribution is -2.57. The number of esters is 1. The van der Waals surface area contributed by atoms with Crippen molar-refractivity contribution in [1.82, 2.24) is 25.1 Å². The van der Waals surface area contributed by atoms with Gasteiger partial charge in [-0.3, -0.25) is 24.1 Å². The topological polar surface area (TPSA) is 155 Å². The molecule has 2 fully saturated rings. The molecule has 12 nitrogen and oxygen atoms in total. The van der Waals surface area contributed by atoms with Crippen molar-refractivity contribution in [3.63, 3.8) is 0 Å². The van der Waals surface area contributed by atoms with Gasteiger partial charge in [-0.05, 0) is 81.3 Å². The van der Waals surface area contributed by atoms with E-state index < -0.39 is 41.0 Å². The fraction of sp³-hybridized carbons (Fsp3) is 0.424. The summed E-state index contributed by atoms with van der Waals surface area (Å²) in [5, 5.41) is 8.04. The Morgan fingerprint density at radius 2 is 1.98 bits per heavy atom. The number of nitrogens with one attached hydrogen (secondary N) is 4. The average Bonchev–Trinajstić information content (AvgIpc) is 3.49. The maximum atomic E-state index is 14.2. The molecule has 14 heteroatoms. The highest BCUT2D eigenvalue weighted by molar-refractivity contribution is 6.02. The smallest absolute Gasteiger partial charge is 0.330 e. The molecule has 1 aliphatic carbocycles. The molecule has 1 aromatic carbocycles. The number of nitrogens with zero attached hydrogens (tertiary/aromatic N) is 2. The number of allylic oxidation sites excluding steroid dienone is 1. The van der Waals surface area contributed by atoms with E-state index in [0.717, 1.165) is 37.9 Å². The Balaban J connectivity index is 1.28. The van der Waals surface area contributed by atoms with Crippen molar-refractivity contribution in [3.05, 3.63) is 76.4 Å². The Hall–Kier alpha value is -4.85. The molecule has 250 valence electrons. The van der Waals surface area contributed by atoms with Crippen LogP contribution in [-0.2, 0) is 25.7 Å². The fourth-order valence-electron chi connectivity index (χ4n) is 6.52. The first-order valence-corrected chi connectivity index (χ1v) is 15.6. The van der Waals surface area contributed by atoms with Gasteiger partial charge in [-0.15, -0.1) is 0 Å². The van der Waals surface area contributed by atoms with Gasteiger partial charge >= 0.3 is 5.97 Å². The van der Waals surface area contributed by atoms with Crippen LogP contribution in [0.5, 0.6) is 0 Å². The van der Waals surface area contributed by atoms with Gasteiger partial charge in [0.15, 0.2) is 11.6 Å². The number of amides is 3. The van der Waals surface area contributed by atoms with Crippen molar-refractivity contribution >= 4 is 40.3 Å². The molecule has 3 aromatic rings. The number of fused-ring (bicyclic) bond motifs is 3. The minimum absolute atomic E-state index is 0.00858. The molecule has 47 heavy (non-hydrogen) atoms. The zero-order valence-electron chi connectivity index (χ0n) is 26.2. The van der Waals surface area contributed by atoms with Crippen LogP contribution in [0.15, 0.2) is 53.5 Å². The summed E-state index contributed by atoms with van der Waals surface area (Å²) in [4.78, 5) is 69.2. The molecule has 3 heterocycles. The Bertz CT molecular complexity index is 1750. The number of halogens is 2. The van der Waals surface area contributed by atoms with E-state index in [0.29, 0.717) is 11.8 Å². The number of methoxy groups -OCH3 is 1. The zero-order valence-corrected chi connectivity index (χ0v) is 26.2. The third-order valence-corrected chi connectivity index (χ3v) is 8.83. The van der Waals surface area contributed by atoms with Gasteiger partial charge in [-0.25, -0.2) is 13.6 Å². The van der Waals surface area contributed by atoms with E-state index >= 15 is 0 Å². The van der Waals surface area contributed by atoms with Crippen molar-refractivity contribution in [2.45, 2.75) is 57.3 Å². The van der Waals surface area contributed by atoms with Gasteiger partial charge < -0.3 is 30.2 Å². The van der Waals surface area contributed by atoms with Crippen molar-refractivity contribution in [2.24, 2.45) is 11.8 Å². The van der Waals surface area contributed by atoms with Crippen molar-refractivity contribution in [2.75, 3.05) is 26.0 Å². The molecule has 4 unspecified atom stereocenters. The summed E-state index contributed by atoms with van der Waals surface area (Å²) in [6.07, 6.45) is 8.60. The minimum atomic E-state index is -1.21.